The minimum atomic E-state index is -0.592. The van der Waals surface area contributed by atoms with Crippen LogP contribution in [0.25, 0.3) is 0 Å². The Bertz CT molecular complexity index is 676. The number of hydrogen-bond acceptors (Lipinski definition) is 4. The van der Waals surface area contributed by atoms with Crippen LogP contribution in [0.2, 0.25) is 5.02 Å². The summed E-state index contributed by atoms with van der Waals surface area (Å²) in [6.07, 6.45) is 1.52. The van der Waals surface area contributed by atoms with Gasteiger partial charge in [0.15, 0.2) is 0 Å². The second-order valence-electron chi connectivity index (χ2n) is 3.74. The number of hydrogen-bond donors (Lipinski definition) is 1. The number of nitro benzene ring substituents is 1. The van der Waals surface area contributed by atoms with Gasteiger partial charge in [0.25, 0.3) is 11.6 Å². The Hall–Kier alpha value is -1.99. The first-order valence-electron chi connectivity index (χ1n) is 5.34. The Balaban J connectivity index is 2.26. The second kappa shape index (κ2) is 5.98. The SMILES string of the molecule is O=C(Nc1ccc(Br)cn1)c1cc([N+](=O)[O-])ccc1Cl. The van der Waals surface area contributed by atoms with E-state index in [1.807, 2.05) is 0 Å². The van der Waals surface area contributed by atoms with E-state index in [1.165, 1.54) is 18.3 Å². The van der Waals surface area contributed by atoms with Crippen LogP contribution in [0, 0.1) is 10.1 Å². The van der Waals surface area contributed by atoms with Crippen molar-refractivity contribution in [1.29, 1.82) is 0 Å². The highest BCUT2D eigenvalue weighted by Crippen LogP contribution is 2.23. The zero-order chi connectivity index (χ0) is 14.7. The van der Waals surface area contributed by atoms with Gasteiger partial charge < -0.3 is 5.32 Å². The third-order valence-corrected chi connectivity index (χ3v) is 3.17. The molecule has 0 aliphatic carbocycles. The molecular formula is C12H7BrClN3O3. The lowest BCUT2D eigenvalue weighted by atomic mass is 10.2. The van der Waals surface area contributed by atoms with Crippen molar-refractivity contribution < 1.29 is 9.72 Å². The fourth-order valence-corrected chi connectivity index (χ4v) is 1.87. The molecule has 0 saturated heterocycles. The Kier molecular flexibility index (Phi) is 4.31. The van der Waals surface area contributed by atoms with E-state index in [2.05, 4.69) is 26.2 Å². The predicted molar refractivity (Wildman–Crippen MR) is 78.0 cm³/mol. The number of carbonyl (C=O) groups is 1. The number of nitrogens with one attached hydrogen (secondary N) is 1. The molecule has 0 fully saturated rings. The van der Waals surface area contributed by atoms with Crippen molar-refractivity contribution in [1.82, 2.24) is 4.98 Å². The summed E-state index contributed by atoms with van der Waals surface area (Å²) < 4.78 is 0.767. The van der Waals surface area contributed by atoms with Gasteiger partial charge in [0.1, 0.15) is 5.82 Å². The number of halogens is 2. The zero-order valence-corrected chi connectivity index (χ0v) is 12.2. The normalized spacial score (nSPS) is 10.1. The summed E-state index contributed by atoms with van der Waals surface area (Å²) in [6.45, 7) is 0. The smallest absolute Gasteiger partial charge is 0.270 e. The van der Waals surface area contributed by atoms with Crippen molar-refractivity contribution in [3.8, 4) is 0 Å². The quantitative estimate of drug-likeness (QED) is 0.672. The Morgan fingerprint density at radius 3 is 2.70 bits per heavy atom. The summed E-state index contributed by atoms with van der Waals surface area (Å²) in [5.74, 6) is -0.241. The van der Waals surface area contributed by atoms with Crippen LogP contribution in [0.1, 0.15) is 10.4 Å². The lowest BCUT2D eigenvalue weighted by Crippen LogP contribution is -2.13. The maximum absolute atomic E-state index is 12.0. The van der Waals surface area contributed by atoms with E-state index in [1.54, 1.807) is 12.1 Å². The summed E-state index contributed by atoms with van der Waals surface area (Å²) in [5, 5.41) is 13.3. The fraction of sp³-hybridized carbons (Fsp3) is 0. The first kappa shape index (κ1) is 14.4. The van der Waals surface area contributed by atoms with E-state index in [9.17, 15) is 14.9 Å². The summed E-state index contributed by atoms with van der Waals surface area (Å²) in [5.41, 5.74) is -0.186. The van der Waals surface area contributed by atoms with Gasteiger partial charge in [0, 0.05) is 22.8 Å². The molecule has 1 aromatic carbocycles. The molecule has 1 aromatic heterocycles. The number of carbonyl (C=O) groups excluding carboxylic acids is 1. The predicted octanol–water partition coefficient (Wildman–Crippen LogP) is 3.66. The molecule has 2 rings (SSSR count). The second-order valence-corrected chi connectivity index (χ2v) is 5.06. The van der Waals surface area contributed by atoms with Crippen molar-refractivity contribution in [2.75, 3.05) is 5.32 Å². The largest absolute Gasteiger partial charge is 0.307 e. The molecule has 0 aliphatic rings. The monoisotopic (exact) mass is 355 g/mol. The number of aromatic nitrogens is 1. The molecule has 0 saturated carbocycles. The van der Waals surface area contributed by atoms with Gasteiger partial charge in [0.2, 0.25) is 0 Å². The first-order chi connectivity index (χ1) is 9.47. The molecule has 0 radical (unpaired) electrons. The van der Waals surface area contributed by atoms with Gasteiger partial charge in [-0.05, 0) is 34.1 Å². The molecule has 6 nitrogen and oxygen atoms in total. The van der Waals surface area contributed by atoms with E-state index in [-0.39, 0.29) is 16.3 Å². The summed E-state index contributed by atoms with van der Waals surface area (Å²) >= 11 is 9.10. The average Bonchev–Trinajstić information content (AvgIpc) is 2.41. The van der Waals surface area contributed by atoms with E-state index in [4.69, 9.17) is 11.6 Å². The number of amides is 1. The van der Waals surface area contributed by atoms with Gasteiger partial charge in [-0.15, -0.1) is 0 Å². The van der Waals surface area contributed by atoms with E-state index in [0.29, 0.717) is 5.82 Å². The number of anilines is 1. The van der Waals surface area contributed by atoms with Gasteiger partial charge in [-0.2, -0.15) is 0 Å². The number of nitro groups is 1. The van der Waals surface area contributed by atoms with E-state index < -0.39 is 10.8 Å². The van der Waals surface area contributed by atoms with Gasteiger partial charge in [-0.1, -0.05) is 11.6 Å². The standard InChI is InChI=1S/C12H7BrClN3O3/c13-7-1-4-11(15-6-7)16-12(18)9-5-8(17(19)20)2-3-10(9)14/h1-6H,(H,15,16,18). The highest BCUT2D eigenvalue weighted by Gasteiger charge is 2.16. The van der Waals surface area contributed by atoms with Crippen LogP contribution >= 0.6 is 27.5 Å². The van der Waals surface area contributed by atoms with Gasteiger partial charge in [0.05, 0.1) is 15.5 Å². The maximum atomic E-state index is 12.0. The van der Waals surface area contributed by atoms with Crippen molar-refractivity contribution in [3.63, 3.8) is 0 Å². The molecule has 0 spiro atoms. The molecule has 102 valence electrons. The van der Waals surface area contributed by atoms with E-state index in [0.717, 1.165) is 10.5 Å². The molecule has 1 heterocycles. The van der Waals surface area contributed by atoms with E-state index >= 15 is 0 Å². The number of nitrogens with zero attached hydrogens (tertiary/aromatic N) is 2. The van der Waals surface area contributed by atoms with Crippen LogP contribution in [-0.4, -0.2) is 15.8 Å². The minimum Gasteiger partial charge on any atom is -0.307 e. The van der Waals surface area contributed by atoms with Crippen LogP contribution < -0.4 is 5.32 Å². The highest BCUT2D eigenvalue weighted by atomic mass is 79.9. The molecule has 0 aliphatic heterocycles. The van der Waals surface area contributed by atoms with Crippen LogP contribution in [0.4, 0.5) is 11.5 Å². The molecule has 20 heavy (non-hydrogen) atoms. The van der Waals surface area contributed by atoms with Gasteiger partial charge in [-0.25, -0.2) is 4.98 Å². The molecule has 1 amide bonds. The third-order valence-electron chi connectivity index (χ3n) is 2.37. The lowest BCUT2D eigenvalue weighted by Gasteiger charge is -2.06. The summed E-state index contributed by atoms with van der Waals surface area (Å²) in [7, 11) is 0. The van der Waals surface area contributed by atoms with Gasteiger partial charge >= 0.3 is 0 Å². The topological polar surface area (TPSA) is 85.1 Å². The van der Waals surface area contributed by atoms with Crippen molar-refractivity contribution in [2.45, 2.75) is 0 Å². The van der Waals surface area contributed by atoms with Crippen LogP contribution in [0.3, 0.4) is 0 Å². The highest BCUT2D eigenvalue weighted by molar-refractivity contribution is 9.10. The van der Waals surface area contributed by atoms with Crippen molar-refractivity contribution >= 4 is 44.9 Å². The first-order valence-corrected chi connectivity index (χ1v) is 6.51. The number of pyridine rings is 1. The number of benzene rings is 1. The molecular weight excluding hydrogens is 350 g/mol. The zero-order valence-electron chi connectivity index (χ0n) is 9.84. The van der Waals surface area contributed by atoms with Crippen molar-refractivity contribution in [3.05, 3.63) is 61.7 Å². The molecule has 1 N–H and O–H groups in total. The minimum absolute atomic E-state index is 0.0191. The lowest BCUT2D eigenvalue weighted by molar-refractivity contribution is -0.384. The molecule has 0 atom stereocenters. The fourth-order valence-electron chi connectivity index (χ4n) is 1.43. The average molecular weight is 357 g/mol. The Morgan fingerprint density at radius 2 is 2.10 bits per heavy atom. The molecule has 8 heteroatoms. The summed E-state index contributed by atoms with van der Waals surface area (Å²) in [4.78, 5) is 26.1. The molecule has 2 aromatic rings. The van der Waals surface area contributed by atoms with Gasteiger partial charge in [-0.3, -0.25) is 14.9 Å². The Labute approximate surface area is 127 Å². The van der Waals surface area contributed by atoms with Crippen molar-refractivity contribution in [2.24, 2.45) is 0 Å². The molecule has 0 bridgehead atoms. The van der Waals surface area contributed by atoms with Crippen LogP contribution in [-0.2, 0) is 0 Å². The number of rotatable bonds is 3. The summed E-state index contributed by atoms with van der Waals surface area (Å²) in [6, 6.07) is 6.96. The maximum Gasteiger partial charge on any atom is 0.270 e. The third kappa shape index (κ3) is 3.31. The van der Waals surface area contributed by atoms with Crippen LogP contribution in [0.15, 0.2) is 41.0 Å². The molecule has 0 unspecified atom stereocenters. The number of non-ortho nitro benzene ring substituents is 1. The van der Waals surface area contributed by atoms with Crippen LogP contribution in [0.5, 0.6) is 0 Å². The Morgan fingerprint density at radius 1 is 1.35 bits per heavy atom.